The zero-order chi connectivity index (χ0) is 22.1. The Morgan fingerprint density at radius 1 is 1.22 bits per heavy atom. The van der Waals surface area contributed by atoms with Crippen LogP contribution in [-0.2, 0) is 6.54 Å². The molecule has 0 radical (unpaired) electrons. The first-order chi connectivity index (χ1) is 15.1. The summed E-state index contributed by atoms with van der Waals surface area (Å²) in [4.78, 5) is 7.02. The van der Waals surface area contributed by atoms with Gasteiger partial charge in [-0.2, -0.15) is 5.26 Å². The highest BCUT2D eigenvalue weighted by atomic mass is 127. The minimum Gasteiger partial charge on any atom is -0.497 e. The number of guanidine groups is 1. The van der Waals surface area contributed by atoms with Crippen LogP contribution in [0, 0.1) is 17.1 Å². The van der Waals surface area contributed by atoms with E-state index >= 15 is 0 Å². The number of aliphatic imine (C=N–C) groups is 1. The Morgan fingerprint density at radius 2 is 2.00 bits per heavy atom. The number of likely N-dealkylation sites (tertiary alicyclic amines) is 1. The van der Waals surface area contributed by atoms with Gasteiger partial charge in [-0.15, -0.1) is 24.0 Å². The van der Waals surface area contributed by atoms with Crippen molar-refractivity contribution in [3.63, 3.8) is 0 Å². The van der Waals surface area contributed by atoms with Crippen LogP contribution in [0.5, 0.6) is 5.75 Å². The molecular formula is C24H31FIN5O. The van der Waals surface area contributed by atoms with Gasteiger partial charge in [0.2, 0.25) is 0 Å². The maximum atomic E-state index is 14.1. The smallest absolute Gasteiger partial charge is 0.191 e. The molecule has 0 amide bonds. The third kappa shape index (κ3) is 7.07. The highest BCUT2D eigenvalue weighted by Crippen LogP contribution is 2.27. The van der Waals surface area contributed by atoms with Crippen LogP contribution in [-0.4, -0.2) is 44.1 Å². The maximum absolute atomic E-state index is 14.1. The molecule has 0 saturated carbocycles. The summed E-state index contributed by atoms with van der Waals surface area (Å²) in [5.74, 6) is 1.11. The summed E-state index contributed by atoms with van der Waals surface area (Å²) < 4.78 is 19.5. The van der Waals surface area contributed by atoms with Crippen molar-refractivity contribution in [2.75, 3.05) is 33.3 Å². The van der Waals surface area contributed by atoms with E-state index in [4.69, 9.17) is 10.00 Å². The molecule has 8 heteroatoms. The lowest BCUT2D eigenvalue weighted by Crippen LogP contribution is -2.42. The highest BCUT2D eigenvalue weighted by Gasteiger charge is 2.24. The molecule has 1 heterocycles. The molecule has 1 atom stereocenters. The standard InChI is InChI=1S/C24H30FN5O.HI/c1-3-27-24(28-16-20-13-18(15-26)9-10-22(20)25)29-17-23(30-11-4-5-12-30)19-7-6-8-21(14-19)31-2;/h6-10,13-14,23H,3-5,11-12,16-17H2,1-2H3,(H2,27,28,29);1H. The molecule has 172 valence electrons. The van der Waals surface area contributed by atoms with Gasteiger partial charge >= 0.3 is 0 Å². The molecule has 1 unspecified atom stereocenters. The van der Waals surface area contributed by atoms with Gasteiger partial charge in [0.05, 0.1) is 31.3 Å². The third-order valence-electron chi connectivity index (χ3n) is 5.45. The molecular weight excluding hydrogens is 520 g/mol. The fourth-order valence-corrected chi connectivity index (χ4v) is 3.82. The lowest BCUT2D eigenvalue weighted by Gasteiger charge is -2.29. The fourth-order valence-electron chi connectivity index (χ4n) is 3.82. The van der Waals surface area contributed by atoms with E-state index in [2.05, 4.69) is 32.7 Å². The second-order valence-electron chi connectivity index (χ2n) is 7.53. The number of nitriles is 1. The summed E-state index contributed by atoms with van der Waals surface area (Å²) in [6.45, 7) is 5.63. The predicted molar refractivity (Wildman–Crippen MR) is 136 cm³/mol. The van der Waals surface area contributed by atoms with Gasteiger partial charge in [0, 0.05) is 18.7 Å². The summed E-state index contributed by atoms with van der Waals surface area (Å²) in [6, 6.07) is 14.7. The second kappa shape index (κ2) is 13.2. The first-order valence-electron chi connectivity index (χ1n) is 10.7. The van der Waals surface area contributed by atoms with Crippen LogP contribution in [0.4, 0.5) is 4.39 Å². The van der Waals surface area contributed by atoms with Gasteiger partial charge in [-0.1, -0.05) is 12.1 Å². The fraction of sp³-hybridized carbons (Fsp3) is 0.417. The van der Waals surface area contributed by atoms with E-state index < -0.39 is 0 Å². The van der Waals surface area contributed by atoms with Gasteiger partial charge in [0.1, 0.15) is 11.6 Å². The van der Waals surface area contributed by atoms with Crippen LogP contribution in [0.25, 0.3) is 0 Å². The van der Waals surface area contributed by atoms with Gasteiger partial charge in [0.15, 0.2) is 5.96 Å². The van der Waals surface area contributed by atoms with Crippen molar-refractivity contribution in [1.82, 2.24) is 15.5 Å². The van der Waals surface area contributed by atoms with Crippen LogP contribution in [0.15, 0.2) is 47.5 Å². The Labute approximate surface area is 206 Å². The summed E-state index contributed by atoms with van der Waals surface area (Å²) in [5, 5.41) is 15.7. The van der Waals surface area contributed by atoms with E-state index in [0.717, 1.165) is 18.8 Å². The van der Waals surface area contributed by atoms with Crippen molar-refractivity contribution in [1.29, 1.82) is 5.26 Å². The van der Waals surface area contributed by atoms with Gasteiger partial charge in [-0.05, 0) is 68.8 Å². The normalized spacial score (nSPS) is 14.9. The number of halogens is 2. The first kappa shape index (κ1) is 25.9. The quantitative estimate of drug-likeness (QED) is 0.292. The molecule has 1 saturated heterocycles. The number of hydrogen-bond acceptors (Lipinski definition) is 4. The molecule has 0 aromatic heterocycles. The minimum atomic E-state index is -0.357. The van der Waals surface area contributed by atoms with Gasteiger partial charge in [0.25, 0.3) is 0 Å². The lowest BCUT2D eigenvalue weighted by molar-refractivity contribution is 0.245. The molecule has 1 fully saturated rings. The summed E-state index contributed by atoms with van der Waals surface area (Å²) in [5.41, 5.74) is 2.02. The maximum Gasteiger partial charge on any atom is 0.191 e. The first-order valence-corrected chi connectivity index (χ1v) is 10.7. The largest absolute Gasteiger partial charge is 0.497 e. The minimum absolute atomic E-state index is 0. The zero-order valence-electron chi connectivity index (χ0n) is 18.6. The van der Waals surface area contributed by atoms with E-state index in [9.17, 15) is 4.39 Å². The van der Waals surface area contributed by atoms with E-state index in [-0.39, 0.29) is 42.4 Å². The Hall–Kier alpha value is -2.38. The average molecular weight is 551 g/mol. The Balaban J connectivity index is 0.00000363. The van der Waals surface area contributed by atoms with Crippen molar-refractivity contribution in [3.05, 3.63) is 65.0 Å². The van der Waals surface area contributed by atoms with Crippen molar-refractivity contribution in [2.24, 2.45) is 4.99 Å². The monoisotopic (exact) mass is 551 g/mol. The number of methoxy groups -OCH3 is 1. The number of nitrogens with zero attached hydrogens (tertiary/aromatic N) is 3. The number of benzene rings is 2. The number of rotatable bonds is 8. The molecule has 0 aliphatic carbocycles. The molecule has 1 aliphatic heterocycles. The average Bonchev–Trinajstić information content (AvgIpc) is 3.33. The van der Waals surface area contributed by atoms with Crippen molar-refractivity contribution in [2.45, 2.75) is 32.4 Å². The van der Waals surface area contributed by atoms with Crippen LogP contribution >= 0.6 is 24.0 Å². The second-order valence-corrected chi connectivity index (χ2v) is 7.53. The SMILES string of the molecule is CCNC(=NCc1cc(C#N)ccc1F)NCC(c1cccc(OC)c1)N1CCCC1.I. The van der Waals surface area contributed by atoms with Gasteiger partial charge < -0.3 is 15.4 Å². The van der Waals surface area contributed by atoms with Crippen molar-refractivity contribution in [3.8, 4) is 11.8 Å². The van der Waals surface area contributed by atoms with E-state index in [1.165, 1.54) is 30.5 Å². The number of hydrogen-bond donors (Lipinski definition) is 2. The zero-order valence-corrected chi connectivity index (χ0v) is 20.9. The topological polar surface area (TPSA) is 72.7 Å². The molecule has 0 spiro atoms. The molecule has 0 bridgehead atoms. The molecule has 3 rings (SSSR count). The molecule has 32 heavy (non-hydrogen) atoms. The molecule has 2 aromatic rings. The van der Waals surface area contributed by atoms with Crippen LogP contribution in [0.2, 0.25) is 0 Å². The molecule has 6 nitrogen and oxygen atoms in total. The summed E-state index contributed by atoms with van der Waals surface area (Å²) >= 11 is 0. The van der Waals surface area contributed by atoms with Crippen molar-refractivity contribution >= 4 is 29.9 Å². The summed E-state index contributed by atoms with van der Waals surface area (Å²) in [7, 11) is 1.68. The van der Waals surface area contributed by atoms with Gasteiger partial charge in [-0.25, -0.2) is 9.38 Å². The third-order valence-corrected chi connectivity index (χ3v) is 5.45. The van der Waals surface area contributed by atoms with E-state index in [0.29, 0.717) is 30.2 Å². The van der Waals surface area contributed by atoms with Crippen LogP contribution < -0.4 is 15.4 Å². The molecule has 1 aliphatic rings. The highest BCUT2D eigenvalue weighted by molar-refractivity contribution is 14.0. The number of ether oxygens (including phenoxy) is 1. The Bertz CT molecular complexity index is 940. The molecule has 2 N–H and O–H groups in total. The molecule has 2 aromatic carbocycles. The number of nitrogens with one attached hydrogen (secondary N) is 2. The van der Waals surface area contributed by atoms with Crippen molar-refractivity contribution < 1.29 is 9.13 Å². The summed E-state index contributed by atoms with van der Waals surface area (Å²) in [6.07, 6.45) is 2.40. The predicted octanol–water partition coefficient (Wildman–Crippen LogP) is 4.22. The lowest BCUT2D eigenvalue weighted by atomic mass is 10.1. The van der Waals surface area contributed by atoms with E-state index in [1.807, 2.05) is 25.1 Å². The van der Waals surface area contributed by atoms with Crippen LogP contribution in [0.3, 0.4) is 0 Å². The Morgan fingerprint density at radius 3 is 2.69 bits per heavy atom. The van der Waals surface area contributed by atoms with E-state index in [1.54, 1.807) is 13.2 Å². The van der Waals surface area contributed by atoms with Crippen LogP contribution in [0.1, 0.15) is 42.5 Å². The Kier molecular flexibility index (Phi) is 10.7. The van der Waals surface area contributed by atoms with Gasteiger partial charge in [-0.3, -0.25) is 4.90 Å².